The van der Waals surface area contributed by atoms with Gasteiger partial charge in [0.05, 0.1) is 29.8 Å². The summed E-state index contributed by atoms with van der Waals surface area (Å²) in [6.45, 7) is 2.27. The number of nitrogens with one attached hydrogen (secondary N) is 2. The fraction of sp³-hybridized carbons (Fsp3) is 0.450. The average Bonchev–Trinajstić information content (AvgIpc) is 3.36. The number of halogens is 1. The first kappa shape index (κ1) is 20.5. The molecular formula is C20H24FN5O3S. The highest BCUT2D eigenvalue weighted by Gasteiger charge is 2.26. The van der Waals surface area contributed by atoms with E-state index >= 15 is 0 Å². The molecule has 2 aromatic heterocycles. The zero-order valence-electron chi connectivity index (χ0n) is 16.7. The van der Waals surface area contributed by atoms with Crippen molar-refractivity contribution in [2.45, 2.75) is 32.7 Å². The Hall–Kier alpha value is -2.75. The molecular weight excluding hydrogens is 409 g/mol. The largest absolute Gasteiger partial charge is 0.333 e. The minimum atomic E-state index is -2.94. The Morgan fingerprint density at radius 3 is 2.73 bits per heavy atom. The highest BCUT2D eigenvalue weighted by molar-refractivity contribution is 7.91. The normalized spacial score (nSPS) is 16.7. The monoisotopic (exact) mass is 433 g/mol. The van der Waals surface area contributed by atoms with E-state index in [0.29, 0.717) is 36.9 Å². The van der Waals surface area contributed by atoms with Crippen molar-refractivity contribution in [3.05, 3.63) is 47.2 Å². The molecule has 0 atom stereocenters. The number of carbonyl (C=O) groups excluding carboxylic acids is 1. The first-order valence-electron chi connectivity index (χ1n) is 9.94. The molecule has 160 valence electrons. The molecule has 1 aliphatic heterocycles. The van der Waals surface area contributed by atoms with Crippen LogP contribution in [0.1, 0.15) is 41.0 Å². The highest BCUT2D eigenvalue weighted by Crippen LogP contribution is 2.25. The number of fused-ring (bicyclic) bond motifs is 1. The molecule has 8 nitrogen and oxygen atoms in total. The van der Waals surface area contributed by atoms with Gasteiger partial charge in [-0.2, -0.15) is 10.2 Å². The Morgan fingerprint density at radius 2 is 2.03 bits per heavy atom. The number of hydrogen-bond donors (Lipinski definition) is 2. The highest BCUT2D eigenvalue weighted by atomic mass is 32.2. The summed E-state index contributed by atoms with van der Waals surface area (Å²) >= 11 is 0. The van der Waals surface area contributed by atoms with Crippen LogP contribution in [-0.4, -0.2) is 57.7 Å². The van der Waals surface area contributed by atoms with Crippen molar-refractivity contribution < 1.29 is 17.6 Å². The third kappa shape index (κ3) is 4.38. The third-order valence-corrected chi connectivity index (χ3v) is 7.43. The van der Waals surface area contributed by atoms with Gasteiger partial charge in [-0.15, -0.1) is 0 Å². The van der Waals surface area contributed by atoms with Crippen LogP contribution >= 0.6 is 0 Å². The summed E-state index contributed by atoms with van der Waals surface area (Å²) in [5, 5.41) is 14.4. The smallest absolute Gasteiger partial charge is 0.274 e. The quantitative estimate of drug-likeness (QED) is 0.621. The van der Waals surface area contributed by atoms with Crippen LogP contribution in [0.15, 0.2) is 24.4 Å². The van der Waals surface area contributed by atoms with Gasteiger partial charge in [-0.1, -0.05) is 0 Å². The van der Waals surface area contributed by atoms with Gasteiger partial charge < -0.3 is 4.90 Å². The van der Waals surface area contributed by atoms with E-state index in [4.69, 9.17) is 0 Å². The molecule has 3 heterocycles. The predicted molar refractivity (Wildman–Crippen MR) is 110 cm³/mol. The van der Waals surface area contributed by atoms with E-state index in [2.05, 4.69) is 20.4 Å². The number of carbonyl (C=O) groups is 1. The Balaban J connectivity index is 1.56. The lowest BCUT2D eigenvalue weighted by Gasteiger charge is -2.27. The van der Waals surface area contributed by atoms with E-state index < -0.39 is 15.7 Å². The van der Waals surface area contributed by atoms with Crippen LogP contribution in [0.4, 0.5) is 4.39 Å². The summed E-state index contributed by atoms with van der Waals surface area (Å²) in [5.74, 6) is -0.110. The van der Waals surface area contributed by atoms with Crippen molar-refractivity contribution in [3.63, 3.8) is 0 Å². The molecule has 0 bridgehead atoms. The molecule has 0 radical (unpaired) electrons. The van der Waals surface area contributed by atoms with Gasteiger partial charge in [-0.05, 0) is 50.3 Å². The van der Waals surface area contributed by atoms with E-state index in [0.717, 1.165) is 11.1 Å². The number of sulfone groups is 1. The van der Waals surface area contributed by atoms with Gasteiger partial charge in [0.1, 0.15) is 21.3 Å². The van der Waals surface area contributed by atoms with Gasteiger partial charge in [0.2, 0.25) is 0 Å². The molecule has 0 spiro atoms. The van der Waals surface area contributed by atoms with Crippen LogP contribution in [-0.2, 0) is 16.4 Å². The van der Waals surface area contributed by atoms with E-state index in [9.17, 15) is 17.6 Å². The molecule has 1 saturated heterocycles. The second-order valence-electron chi connectivity index (χ2n) is 7.91. The Kier molecular flexibility index (Phi) is 5.59. The lowest BCUT2D eigenvalue weighted by molar-refractivity contribution is 0.0724. The topological polar surface area (TPSA) is 112 Å². The zero-order chi connectivity index (χ0) is 21.3. The maximum atomic E-state index is 14.6. The first-order valence-corrected chi connectivity index (χ1v) is 11.8. The van der Waals surface area contributed by atoms with Crippen molar-refractivity contribution >= 4 is 26.6 Å². The minimum Gasteiger partial charge on any atom is -0.333 e. The second kappa shape index (κ2) is 8.17. The summed E-state index contributed by atoms with van der Waals surface area (Å²) in [7, 11) is -2.94. The SMILES string of the molecule is Cc1cc(C(=O)N(CCC2CCS(=O)(=O)CC2)Cc2c(F)ccc3cn[nH]c23)n[nH]1. The number of H-pyrrole nitrogens is 2. The molecule has 1 aromatic carbocycles. The molecule has 1 amide bonds. The van der Waals surface area contributed by atoms with Gasteiger partial charge >= 0.3 is 0 Å². The van der Waals surface area contributed by atoms with Crippen LogP contribution in [0, 0.1) is 18.7 Å². The van der Waals surface area contributed by atoms with Gasteiger partial charge in [0.15, 0.2) is 0 Å². The molecule has 30 heavy (non-hydrogen) atoms. The predicted octanol–water partition coefficient (Wildman–Crippen LogP) is 2.59. The van der Waals surface area contributed by atoms with Crippen LogP contribution < -0.4 is 0 Å². The summed E-state index contributed by atoms with van der Waals surface area (Å²) in [4.78, 5) is 14.7. The third-order valence-electron chi connectivity index (χ3n) is 5.71. The van der Waals surface area contributed by atoms with Crippen LogP contribution in [0.5, 0.6) is 0 Å². The number of hydrogen-bond acceptors (Lipinski definition) is 5. The minimum absolute atomic E-state index is 0.0706. The zero-order valence-corrected chi connectivity index (χ0v) is 17.5. The van der Waals surface area contributed by atoms with Gasteiger partial charge in [-0.3, -0.25) is 15.0 Å². The number of aromatic amines is 2. The van der Waals surface area contributed by atoms with Crippen molar-refractivity contribution in [3.8, 4) is 0 Å². The summed E-state index contributed by atoms with van der Waals surface area (Å²) in [6.07, 6.45) is 3.46. The lowest BCUT2D eigenvalue weighted by atomic mass is 9.98. The summed E-state index contributed by atoms with van der Waals surface area (Å²) in [6, 6.07) is 4.68. The van der Waals surface area contributed by atoms with E-state index in [1.807, 2.05) is 6.92 Å². The van der Waals surface area contributed by atoms with Crippen LogP contribution in [0.25, 0.3) is 10.9 Å². The van der Waals surface area contributed by atoms with Gasteiger partial charge in [-0.25, -0.2) is 12.8 Å². The van der Waals surface area contributed by atoms with E-state index in [1.165, 1.54) is 6.07 Å². The molecule has 0 aliphatic carbocycles. The lowest BCUT2D eigenvalue weighted by Crippen LogP contribution is -2.34. The second-order valence-corrected chi connectivity index (χ2v) is 10.2. The Labute approximate surface area is 173 Å². The number of aryl methyl sites for hydroxylation is 1. The summed E-state index contributed by atoms with van der Waals surface area (Å²) in [5.41, 5.74) is 1.97. The molecule has 0 unspecified atom stereocenters. The van der Waals surface area contributed by atoms with E-state index in [-0.39, 0.29) is 35.6 Å². The Bertz CT molecular complexity index is 1160. The van der Waals surface area contributed by atoms with Gasteiger partial charge in [0.25, 0.3) is 5.91 Å². The van der Waals surface area contributed by atoms with Gasteiger partial charge in [0, 0.05) is 23.2 Å². The van der Waals surface area contributed by atoms with Crippen molar-refractivity contribution in [2.75, 3.05) is 18.1 Å². The van der Waals surface area contributed by atoms with Crippen molar-refractivity contribution in [1.29, 1.82) is 0 Å². The number of benzene rings is 1. The van der Waals surface area contributed by atoms with Crippen molar-refractivity contribution in [1.82, 2.24) is 25.3 Å². The molecule has 1 fully saturated rings. The number of amides is 1. The maximum absolute atomic E-state index is 14.6. The van der Waals surface area contributed by atoms with Crippen molar-refractivity contribution in [2.24, 2.45) is 5.92 Å². The molecule has 10 heteroatoms. The van der Waals surface area contributed by atoms with E-state index in [1.54, 1.807) is 23.2 Å². The number of nitrogens with zero attached hydrogens (tertiary/aromatic N) is 3. The number of rotatable bonds is 6. The molecule has 1 aliphatic rings. The first-order chi connectivity index (χ1) is 14.3. The Morgan fingerprint density at radius 1 is 1.27 bits per heavy atom. The maximum Gasteiger partial charge on any atom is 0.274 e. The fourth-order valence-electron chi connectivity index (χ4n) is 3.90. The number of aromatic nitrogens is 4. The van der Waals surface area contributed by atoms with Crippen LogP contribution in [0.2, 0.25) is 0 Å². The summed E-state index contributed by atoms with van der Waals surface area (Å²) < 4.78 is 38.0. The average molecular weight is 434 g/mol. The molecule has 4 rings (SSSR count). The fourth-order valence-corrected chi connectivity index (χ4v) is 5.49. The molecule has 2 N–H and O–H groups in total. The molecule has 3 aromatic rings. The van der Waals surface area contributed by atoms with Crippen LogP contribution in [0.3, 0.4) is 0 Å². The standard InChI is InChI=1S/C20H24FN5O3S/c1-13-10-18(24-23-13)20(27)26(7-4-14-5-8-30(28,29)9-6-14)12-16-17(21)3-2-15-11-22-25-19(15)16/h2-3,10-11,14H,4-9,12H2,1H3,(H,22,25)(H,23,24). The molecule has 0 saturated carbocycles.